The number of sulfonamides is 1. The molecule has 0 radical (unpaired) electrons. The van der Waals surface area contributed by atoms with E-state index < -0.39 is 16.1 Å². The number of carbonyl (C=O) groups excluding carboxylic acids is 1. The van der Waals surface area contributed by atoms with Gasteiger partial charge < -0.3 is 24.3 Å². The molecule has 0 heterocycles. The Labute approximate surface area is 182 Å². The van der Waals surface area contributed by atoms with Crippen LogP contribution in [0.2, 0.25) is 0 Å². The minimum Gasteiger partial charge on any atom is -0.493 e. The van der Waals surface area contributed by atoms with Crippen molar-refractivity contribution in [3.05, 3.63) is 42.0 Å². The summed E-state index contributed by atoms with van der Waals surface area (Å²) in [6, 6.07) is 9.95. The fourth-order valence-electron chi connectivity index (χ4n) is 2.75. The van der Waals surface area contributed by atoms with Crippen LogP contribution in [0.5, 0.6) is 23.0 Å². The predicted octanol–water partition coefficient (Wildman–Crippen LogP) is 2.19. The standard InChI is InChI=1S/C21H28N2O7S/c1-14(30-17-9-7-16(8-10-17)23(2)31(6,25)26)21(24)22-13-15-11-18(27-3)20(29-5)19(12-15)28-4/h7-12,14H,13H2,1-6H3,(H,22,24). The van der Waals surface area contributed by atoms with Crippen LogP contribution in [0.25, 0.3) is 0 Å². The number of anilines is 1. The first kappa shape index (κ1) is 24.1. The van der Waals surface area contributed by atoms with E-state index in [2.05, 4.69) is 5.32 Å². The lowest BCUT2D eigenvalue weighted by molar-refractivity contribution is -0.127. The molecule has 0 fully saturated rings. The number of nitrogens with one attached hydrogen (secondary N) is 1. The number of carbonyl (C=O) groups is 1. The van der Waals surface area contributed by atoms with Crippen molar-refractivity contribution >= 4 is 21.6 Å². The molecule has 0 bridgehead atoms. The summed E-state index contributed by atoms with van der Waals surface area (Å²) in [5, 5.41) is 2.81. The molecule has 0 aliphatic rings. The third kappa shape index (κ3) is 6.17. The fourth-order valence-corrected chi connectivity index (χ4v) is 3.26. The molecule has 0 aromatic heterocycles. The number of hydrogen-bond acceptors (Lipinski definition) is 7. The van der Waals surface area contributed by atoms with Gasteiger partial charge in [0.15, 0.2) is 17.6 Å². The average Bonchev–Trinajstić information content (AvgIpc) is 2.75. The highest BCUT2D eigenvalue weighted by atomic mass is 32.2. The van der Waals surface area contributed by atoms with Gasteiger partial charge in [0.25, 0.3) is 5.91 Å². The summed E-state index contributed by atoms with van der Waals surface area (Å²) >= 11 is 0. The molecule has 31 heavy (non-hydrogen) atoms. The van der Waals surface area contributed by atoms with Crippen molar-refractivity contribution in [3.8, 4) is 23.0 Å². The molecule has 2 aromatic rings. The van der Waals surface area contributed by atoms with Crippen LogP contribution in [0.15, 0.2) is 36.4 Å². The van der Waals surface area contributed by atoms with Crippen LogP contribution in [0.1, 0.15) is 12.5 Å². The van der Waals surface area contributed by atoms with Gasteiger partial charge in [-0.2, -0.15) is 0 Å². The number of nitrogens with zero attached hydrogens (tertiary/aromatic N) is 1. The number of hydrogen-bond donors (Lipinski definition) is 1. The van der Waals surface area contributed by atoms with Gasteiger partial charge in [-0.15, -0.1) is 0 Å². The molecule has 0 aliphatic heterocycles. The van der Waals surface area contributed by atoms with E-state index in [9.17, 15) is 13.2 Å². The van der Waals surface area contributed by atoms with Crippen LogP contribution in [0.4, 0.5) is 5.69 Å². The molecule has 2 aromatic carbocycles. The number of benzene rings is 2. The highest BCUT2D eigenvalue weighted by Gasteiger charge is 2.17. The largest absolute Gasteiger partial charge is 0.493 e. The SMILES string of the molecule is COc1cc(CNC(=O)C(C)Oc2ccc(N(C)S(C)(=O)=O)cc2)cc(OC)c1OC. The summed E-state index contributed by atoms with van der Waals surface area (Å²) in [4.78, 5) is 12.4. The normalized spacial score (nSPS) is 11.9. The minimum atomic E-state index is -3.35. The quantitative estimate of drug-likeness (QED) is 0.589. The van der Waals surface area contributed by atoms with Crippen molar-refractivity contribution in [2.45, 2.75) is 19.6 Å². The molecular formula is C21H28N2O7S. The Balaban J connectivity index is 2.00. The van der Waals surface area contributed by atoms with Gasteiger partial charge in [-0.1, -0.05) is 0 Å². The van der Waals surface area contributed by atoms with E-state index in [0.29, 0.717) is 28.7 Å². The fraction of sp³-hybridized carbons (Fsp3) is 0.381. The molecule has 0 saturated carbocycles. The average molecular weight is 453 g/mol. The zero-order valence-electron chi connectivity index (χ0n) is 18.5. The van der Waals surface area contributed by atoms with E-state index >= 15 is 0 Å². The number of rotatable bonds is 10. The van der Waals surface area contributed by atoms with Gasteiger partial charge in [0.1, 0.15) is 5.75 Å². The molecule has 1 atom stereocenters. The topological polar surface area (TPSA) is 103 Å². The van der Waals surface area contributed by atoms with Crippen LogP contribution in [0.3, 0.4) is 0 Å². The lowest BCUT2D eigenvalue weighted by Gasteiger charge is -2.18. The highest BCUT2D eigenvalue weighted by molar-refractivity contribution is 7.92. The molecule has 10 heteroatoms. The monoisotopic (exact) mass is 452 g/mol. The molecule has 0 saturated heterocycles. The molecule has 1 amide bonds. The second-order valence-corrected chi connectivity index (χ2v) is 8.75. The first-order valence-corrected chi connectivity index (χ1v) is 11.2. The van der Waals surface area contributed by atoms with E-state index in [-0.39, 0.29) is 12.5 Å². The first-order valence-electron chi connectivity index (χ1n) is 9.38. The number of amides is 1. The third-order valence-corrected chi connectivity index (χ3v) is 5.78. The summed E-state index contributed by atoms with van der Waals surface area (Å²) in [6.45, 7) is 1.86. The van der Waals surface area contributed by atoms with Crippen molar-refractivity contribution < 1.29 is 32.2 Å². The van der Waals surface area contributed by atoms with Crippen molar-refractivity contribution in [2.24, 2.45) is 0 Å². The van der Waals surface area contributed by atoms with Gasteiger partial charge >= 0.3 is 0 Å². The van der Waals surface area contributed by atoms with Gasteiger partial charge in [-0.25, -0.2) is 8.42 Å². The molecule has 170 valence electrons. The van der Waals surface area contributed by atoms with Gasteiger partial charge in [0.05, 0.1) is 33.3 Å². The van der Waals surface area contributed by atoms with Crippen LogP contribution in [-0.2, 0) is 21.4 Å². The molecule has 1 unspecified atom stereocenters. The maximum absolute atomic E-state index is 12.4. The highest BCUT2D eigenvalue weighted by Crippen LogP contribution is 2.38. The number of ether oxygens (including phenoxy) is 4. The molecule has 9 nitrogen and oxygen atoms in total. The first-order chi connectivity index (χ1) is 14.6. The summed E-state index contributed by atoms with van der Waals surface area (Å²) in [5.41, 5.74) is 1.26. The van der Waals surface area contributed by atoms with E-state index in [1.807, 2.05) is 0 Å². The van der Waals surface area contributed by atoms with Crippen molar-refractivity contribution in [3.63, 3.8) is 0 Å². The van der Waals surface area contributed by atoms with Crippen LogP contribution in [-0.4, -0.2) is 55.1 Å². The molecule has 1 N–H and O–H groups in total. The maximum Gasteiger partial charge on any atom is 0.261 e. The Hall–Kier alpha value is -3.14. The Bertz CT molecular complexity index is 982. The van der Waals surface area contributed by atoms with E-state index in [1.165, 1.54) is 28.4 Å². The summed E-state index contributed by atoms with van der Waals surface area (Å²) < 4.78 is 46.0. The lowest BCUT2D eigenvalue weighted by Crippen LogP contribution is -2.35. The van der Waals surface area contributed by atoms with E-state index in [1.54, 1.807) is 43.3 Å². The van der Waals surface area contributed by atoms with Crippen molar-refractivity contribution in [1.82, 2.24) is 5.32 Å². The lowest BCUT2D eigenvalue weighted by atomic mass is 10.1. The second kappa shape index (κ2) is 10.3. The molecular weight excluding hydrogens is 424 g/mol. The van der Waals surface area contributed by atoms with Crippen molar-refractivity contribution in [1.29, 1.82) is 0 Å². The van der Waals surface area contributed by atoms with Gasteiger partial charge in [-0.3, -0.25) is 9.10 Å². The van der Waals surface area contributed by atoms with Gasteiger partial charge in [0, 0.05) is 13.6 Å². The number of methoxy groups -OCH3 is 3. The molecule has 2 rings (SSSR count). The Morgan fingerprint density at radius 3 is 2.03 bits per heavy atom. The van der Waals surface area contributed by atoms with Crippen LogP contribution >= 0.6 is 0 Å². The molecule has 0 aliphatic carbocycles. The van der Waals surface area contributed by atoms with E-state index in [0.717, 1.165) is 16.1 Å². The van der Waals surface area contributed by atoms with Crippen LogP contribution < -0.4 is 28.6 Å². The Morgan fingerprint density at radius 1 is 1.03 bits per heavy atom. The minimum absolute atomic E-state index is 0.237. The zero-order valence-corrected chi connectivity index (χ0v) is 19.3. The Morgan fingerprint density at radius 2 is 1.58 bits per heavy atom. The zero-order chi connectivity index (χ0) is 23.2. The molecule has 0 spiro atoms. The predicted molar refractivity (Wildman–Crippen MR) is 118 cm³/mol. The van der Waals surface area contributed by atoms with Crippen LogP contribution in [0, 0.1) is 0 Å². The van der Waals surface area contributed by atoms with E-state index in [4.69, 9.17) is 18.9 Å². The van der Waals surface area contributed by atoms with Gasteiger partial charge in [-0.05, 0) is 48.9 Å². The van der Waals surface area contributed by atoms with Gasteiger partial charge in [0.2, 0.25) is 15.8 Å². The van der Waals surface area contributed by atoms with Crippen molar-refractivity contribution in [2.75, 3.05) is 38.9 Å². The Kier molecular flexibility index (Phi) is 7.98. The summed E-state index contributed by atoms with van der Waals surface area (Å²) in [7, 11) is 2.68. The third-order valence-electron chi connectivity index (χ3n) is 4.57. The maximum atomic E-state index is 12.4. The second-order valence-electron chi connectivity index (χ2n) is 6.74. The smallest absolute Gasteiger partial charge is 0.261 e. The summed E-state index contributed by atoms with van der Waals surface area (Å²) in [5.74, 6) is 1.60. The summed E-state index contributed by atoms with van der Waals surface area (Å²) in [6.07, 6.45) is 0.359.